The molecule has 5 heteroatoms. The Hall–Kier alpha value is -2.40. The van der Waals surface area contributed by atoms with Crippen LogP contribution in [0.25, 0.3) is 10.9 Å². The molecule has 4 nitrogen and oxygen atoms in total. The first kappa shape index (κ1) is 17.4. The molecule has 0 saturated carbocycles. The molecule has 3 rings (SSSR count). The van der Waals surface area contributed by atoms with Crippen LogP contribution < -0.4 is 0 Å². The Bertz CT molecular complexity index is 923. The summed E-state index contributed by atoms with van der Waals surface area (Å²) < 4.78 is 19.5. The lowest BCUT2D eigenvalue weighted by molar-refractivity contribution is 0.0544. The zero-order valence-electron chi connectivity index (χ0n) is 14.6. The molecule has 0 aliphatic rings. The summed E-state index contributed by atoms with van der Waals surface area (Å²) in [5.41, 5.74) is 1.23. The van der Waals surface area contributed by atoms with Crippen molar-refractivity contribution >= 4 is 27.8 Å². The third-order valence-electron chi connectivity index (χ3n) is 3.66. The number of rotatable bonds is 3. The van der Waals surface area contributed by atoms with Crippen LogP contribution >= 0.6 is 0 Å². The number of ether oxygens (including phenoxy) is 1. The maximum Gasteiger partial charge on any atom is 0.418 e. The van der Waals surface area contributed by atoms with Crippen molar-refractivity contribution in [2.75, 3.05) is 0 Å². The van der Waals surface area contributed by atoms with Gasteiger partial charge in [-0.2, -0.15) is 0 Å². The smallest absolute Gasteiger partial charge is 0.418 e. The molecule has 0 amide bonds. The molecule has 0 spiro atoms. The van der Waals surface area contributed by atoms with Gasteiger partial charge in [0.05, 0.1) is 22.1 Å². The Morgan fingerprint density at radius 2 is 1.80 bits per heavy atom. The minimum atomic E-state index is -1.13. The number of fused-ring (bicyclic) bond motifs is 1. The standard InChI is InChI=1S/C20H21NO3S/c1-20(2,3)24-19(22)21-12-11-16-13-17(9-10-18(16)21)25(23)14-15-7-5-4-6-8-15/h4-13H,14H2,1-3H3/t25-/m1/s1. The number of carbonyl (C=O) groups excluding carboxylic acids is 1. The minimum absolute atomic E-state index is 0.416. The van der Waals surface area contributed by atoms with E-state index in [9.17, 15) is 9.00 Å². The average Bonchev–Trinajstić information content (AvgIpc) is 2.97. The predicted molar refractivity (Wildman–Crippen MR) is 100 cm³/mol. The van der Waals surface area contributed by atoms with E-state index >= 15 is 0 Å². The van der Waals surface area contributed by atoms with Crippen LogP contribution in [0.4, 0.5) is 4.79 Å². The molecule has 0 aliphatic carbocycles. The molecule has 0 fully saturated rings. The molecule has 130 valence electrons. The van der Waals surface area contributed by atoms with Gasteiger partial charge < -0.3 is 4.74 Å². The summed E-state index contributed by atoms with van der Waals surface area (Å²) in [6.45, 7) is 5.50. The zero-order valence-corrected chi connectivity index (χ0v) is 15.4. The largest absolute Gasteiger partial charge is 0.443 e. The number of nitrogens with zero attached hydrogens (tertiary/aromatic N) is 1. The number of hydrogen-bond acceptors (Lipinski definition) is 3. The van der Waals surface area contributed by atoms with Gasteiger partial charge in [-0.05, 0) is 50.6 Å². The van der Waals surface area contributed by atoms with E-state index < -0.39 is 22.5 Å². The molecule has 0 unspecified atom stereocenters. The first-order valence-electron chi connectivity index (χ1n) is 8.10. The molecular weight excluding hydrogens is 334 g/mol. The highest BCUT2D eigenvalue weighted by Crippen LogP contribution is 2.22. The van der Waals surface area contributed by atoms with Crippen LogP contribution in [0.3, 0.4) is 0 Å². The lowest BCUT2D eigenvalue weighted by Crippen LogP contribution is -2.26. The predicted octanol–water partition coefficient (Wildman–Crippen LogP) is 4.73. The summed E-state index contributed by atoms with van der Waals surface area (Å²) in [5, 5.41) is 0.866. The molecule has 0 radical (unpaired) electrons. The van der Waals surface area contributed by atoms with E-state index in [1.807, 2.05) is 75.4 Å². The van der Waals surface area contributed by atoms with Crippen LogP contribution in [-0.2, 0) is 21.3 Å². The van der Waals surface area contributed by atoms with Crippen LogP contribution in [0.1, 0.15) is 26.3 Å². The lowest BCUT2D eigenvalue weighted by atomic mass is 10.2. The van der Waals surface area contributed by atoms with Crippen molar-refractivity contribution in [1.29, 1.82) is 0 Å². The SMILES string of the molecule is CC(C)(C)OC(=O)n1ccc2cc([S@](=O)Cc3ccccc3)ccc21. The van der Waals surface area contributed by atoms with E-state index in [4.69, 9.17) is 4.74 Å². The molecule has 0 bridgehead atoms. The van der Waals surface area contributed by atoms with E-state index in [1.54, 1.807) is 6.20 Å². The van der Waals surface area contributed by atoms with Crippen LogP contribution in [0.2, 0.25) is 0 Å². The second-order valence-corrected chi connectivity index (χ2v) is 8.31. The summed E-state index contributed by atoms with van der Waals surface area (Å²) in [5.74, 6) is 0.471. The van der Waals surface area contributed by atoms with E-state index in [-0.39, 0.29) is 0 Å². The Labute approximate surface area is 149 Å². The van der Waals surface area contributed by atoms with Gasteiger partial charge in [-0.3, -0.25) is 8.78 Å². The maximum atomic E-state index is 12.6. The van der Waals surface area contributed by atoms with Gasteiger partial charge in [-0.1, -0.05) is 30.3 Å². The quantitative estimate of drug-likeness (QED) is 0.682. The van der Waals surface area contributed by atoms with Gasteiger partial charge >= 0.3 is 6.09 Å². The van der Waals surface area contributed by atoms with E-state index in [0.29, 0.717) is 5.75 Å². The number of hydrogen-bond donors (Lipinski definition) is 0. The monoisotopic (exact) mass is 355 g/mol. The molecular formula is C20H21NO3S. The van der Waals surface area contributed by atoms with Gasteiger partial charge in [0.15, 0.2) is 0 Å². The molecule has 1 atom stereocenters. The van der Waals surface area contributed by atoms with Crippen molar-refractivity contribution in [3.05, 3.63) is 66.4 Å². The molecule has 1 aromatic heterocycles. The zero-order chi connectivity index (χ0) is 18.0. The number of aromatic nitrogens is 1. The Kier molecular flexibility index (Phi) is 4.77. The van der Waals surface area contributed by atoms with Crippen molar-refractivity contribution in [3.63, 3.8) is 0 Å². The van der Waals surface area contributed by atoms with Crippen molar-refractivity contribution < 1.29 is 13.7 Å². The summed E-state index contributed by atoms with van der Waals surface area (Å²) in [4.78, 5) is 13.0. The highest BCUT2D eigenvalue weighted by molar-refractivity contribution is 7.84. The van der Waals surface area contributed by atoms with Gasteiger partial charge in [-0.25, -0.2) is 4.79 Å². The second-order valence-electron chi connectivity index (χ2n) is 6.86. The van der Waals surface area contributed by atoms with Crippen LogP contribution in [0.5, 0.6) is 0 Å². The first-order valence-corrected chi connectivity index (χ1v) is 9.42. The summed E-state index contributed by atoms with van der Waals surface area (Å²) in [6.07, 6.45) is 1.27. The number of carbonyl (C=O) groups is 1. The highest BCUT2D eigenvalue weighted by Gasteiger charge is 2.19. The van der Waals surface area contributed by atoms with Crippen LogP contribution in [0, 0.1) is 0 Å². The fourth-order valence-electron chi connectivity index (χ4n) is 2.54. The molecule has 1 heterocycles. The maximum absolute atomic E-state index is 12.6. The lowest BCUT2D eigenvalue weighted by Gasteiger charge is -2.19. The molecule has 2 aromatic carbocycles. The van der Waals surface area contributed by atoms with Gasteiger partial charge in [0.1, 0.15) is 5.60 Å². The molecule has 0 saturated heterocycles. The van der Waals surface area contributed by atoms with Crippen molar-refractivity contribution in [3.8, 4) is 0 Å². The fraction of sp³-hybridized carbons (Fsp3) is 0.250. The van der Waals surface area contributed by atoms with Crippen molar-refractivity contribution in [2.45, 2.75) is 37.0 Å². The summed E-state index contributed by atoms with van der Waals surface area (Å²) >= 11 is 0. The van der Waals surface area contributed by atoms with Gasteiger partial charge in [0, 0.05) is 16.5 Å². The average molecular weight is 355 g/mol. The number of benzene rings is 2. The van der Waals surface area contributed by atoms with E-state index in [2.05, 4.69) is 0 Å². The van der Waals surface area contributed by atoms with E-state index in [0.717, 1.165) is 21.4 Å². The third-order valence-corrected chi connectivity index (χ3v) is 5.03. The van der Waals surface area contributed by atoms with Gasteiger partial charge in [0.25, 0.3) is 0 Å². The topological polar surface area (TPSA) is 48.3 Å². The van der Waals surface area contributed by atoms with Gasteiger partial charge in [0.2, 0.25) is 0 Å². The third kappa shape index (κ3) is 4.17. The highest BCUT2D eigenvalue weighted by atomic mass is 32.2. The molecule has 25 heavy (non-hydrogen) atoms. The Morgan fingerprint density at radius 1 is 1.08 bits per heavy atom. The van der Waals surface area contributed by atoms with Gasteiger partial charge in [-0.15, -0.1) is 0 Å². The normalized spacial score (nSPS) is 12.9. The summed E-state index contributed by atoms with van der Waals surface area (Å²) in [6, 6.07) is 17.1. The molecule has 0 N–H and O–H groups in total. The molecule has 0 aliphatic heterocycles. The Morgan fingerprint density at radius 3 is 2.48 bits per heavy atom. The van der Waals surface area contributed by atoms with Crippen LogP contribution in [-0.4, -0.2) is 20.5 Å². The first-order chi connectivity index (χ1) is 11.8. The fourth-order valence-corrected chi connectivity index (χ4v) is 3.68. The van der Waals surface area contributed by atoms with Crippen molar-refractivity contribution in [1.82, 2.24) is 4.57 Å². The van der Waals surface area contributed by atoms with E-state index in [1.165, 1.54) is 4.57 Å². The Balaban J connectivity index is 1.84. The van der Waals surface area contributed by atoms with Crippen molar-refractivity contribution in [2.24, 2.45) is 0 Å². The summed E-state index contributed by atoms with van der Waals surface area (Å²) in [7, 11) is -1.13. The molecule has 3 aromatic rings. The second kappa shape index (κ2) is 6.84. The minimum Gasteiger partial charge on any atom is -0.443 e. The van der Waals surface area contributed by atoms with Crippen LogP contribution in [0.15, 0.2) is 65.7 Å².